The maximum atomic E-state index is 10.5. The lowest BCUT2D eigenvalue weighted by molar-refractivity contribution is -0.139. The van der Waals surface area contributed by atoms with Crippen molar-refractivity contribution < 1.29 is 9.90 Å². The first kappa shape index (κ1) is 10.7. The van der Waals surface area contributed by atoms with Crippen LogP contribution in [0.5, 0.6) is 0 Å². The van der Waals surface area contributed by atoms with Crippen LogP contribution in [0.4, 0.5) is 0 Å². The minimum absolute atomic E-state index is 0.251. The SMILES string of the molecule is CC(N)NC(C(=O)O)C(C)S. The van der Waals surface area contributed by atoms with Crippen molar-refractivity contribution in [2.24, 2.45) is 5.73 Å². The lowest BCUT2D eigenvalue weighted by Crippen LogP contribution is -2.50. The third kappa shape index (κ3) is 4.23. The van der Waals surface area contributed by atoms with Crippen LogP contribution >= 0.6 is 12.6 Å². The van der Waals surface area contributed by atoms with E-state index in [9.17, 15) is 4.79 Å². The van der Waals surface area contributed by atoms with E-state index in [4.69, 9.17) is 10.8 Å². The number of thiol groups is 1. The Morgan fingerprint density at radius 3 is 2.18 bits per heavy atom. The van der Waals surface area contributed by atoms with Crippen LogP contribution in [0.25, 0.3) is 0 Å². The molecule has 0 spiro atoms. The fourth-order valence-corrected chi connectivity index (χ4v) is 0.914. The van der Waals surface area contributed by atoms with Crippen LogP contribution in [0.3, 0.4) is 0 Å². The molecule has 0 heterocycles. The Bertz CT molecular complexity index is 139. The molecule has 0 fully saturated rings. The maximum absolute atomic E-state index is 10.5. The molecule has 0 aromatic heterocycles. The summed E-state index contributed by atoms with van der Waals surface area (Å²) in [5, 5.41) is 11.1. The summed E-state index contributed by atoms with van der Waals surface area (Å²) in [7, 11) is 0. The fourth-order valence-electron chi connectivity index (χ4n) is 0.700. The number of carboxylic acid groups (broad SMARTS) is 1. The second-order valence-corrected chi connectivity index (χ2v) is 3.33. The molecule has 0 radical (unpaired) electrons. The zero-order valence-electron chi connectivity index (χ0n) is 6.61. The first-order valence-corrected chi connectivity index (χ1v) is 3.89. The van der Waals surface area contributed by atoms with Gasteiger partial charge in [0.1, 0.15) is 6.04 Å². The molecule has 0 saturated carbocycles. The van der Waals surface area contributed by atoms with Crippen LogP contribution in [0.2, 0.25) is 0 Å². The molecule has 4 N–H and O–H groups in total. The van der Waals surface area contributed by atoms with E-state index in [2.05, 4.69) is 17.9 Å². The largest absolute Gasteiger partial charge is 0.480 e. The first-order chi connectivity index (χ1) is 4.95. The van der Waals surface area contributed by atoms with Crippen molar-refractivity contribution in [1.82, 2.24) is 5.32 Å². The zero-order valence-corrected chi connectivity index (χ0v) is 7.51. The summed E-state index contributed by atoms with van der Waals surface area (Å²) in [5.41, 5.74) is 5.36. The van der Waals surface area contributed by atoms with E-state index in [1.165, 1.54) is 0 Å². The Morgan fingerprint density at radius 2 is 2.09 bits per heavy atom. The van der Waals surface area contributed by atoms with E-state index < -0.39 is 12.0 Å². The van der Waals surface area contributed by atoms with Crippen molar-refractivity contribution in [3.8, 4) is 0 Å². The van der Waals surface area contributed by atoms with Gasteiger partial charge in [-0.15, -0.1) is 0 Å². The van der Waals surface area contributed by atoms with Gasteiger partial charge in [0, 0.05) is 5.25 Å². The molecule has 5 heteroatoms. The molecule has 0 rings (SSSR count). The number of rotatable bonds is 4. The molecule has 3 unspecified atom stereocenters. The van der Waals surface area contributed by atoms with E-state index in [1.54, 1.807) is 13.8 Å². The molecular weight excluding hydrogens is 164 g/mol. The van der Waals surface area contributed by atoms with Crippen LogP contribution in [-0.2, 0) is 4.79 Å². The smallest absolute Gasteiger partial charge is 0.321 e. The van der Waals surface area contributed by atoms with Gasteiger partial charge in [-0.25, -0.2) is 0 Å². The molecule has 0 aromatic carbocycles. The lowest BCUT2D eigenvalue weighted by Gasteiger charge is -2.19. The third-order valence-corrected chi connectivity index (χ3v) is 1.49. The molecule has 0 aliphatic rings. The molecule has 0 bridgehead atoms. The van der Waals surface area contributed by atoms with Crippen LogP contribution in [0, 0.1) is 0 Å². The van der Waals surface area contributed by atoms with Gasteiger partial charge < -0.3 is 10.8 Å². The summed E-state index contributed by atoms with van der Waals surface area (Å²) in [5.74, 6) is -0.926. The average molecular weight is 178 g/mol. The van der Waals surface area contributed by atoms with Gasteiger partial charge >= 0.3 is 5.97 Å². The van der Waals surface area contributed by atoms with Crippen LogP contribution in [0.15, 0.2) is 0 Å². The van der Waals surface area contributed by atoms with Crippen molar-refractivity contribution in [2.75, 3.05) is 0 Å². The fraction of sp³-hybridized carbons (Fsp3) is 0.833. The molecule has 3 atom stereocenters. The molecule has 0 aliphatic carbocycles. The van der Waals surface area contributed by atoms with Crippen molar-refractivity contribution >= 4 is 18.6 Å². The average Bonchev–Trinajstić information content (AvgIpc) is 1.81. The van der Waals surface area contributed by atoms with E-state index in [-0.39, 0.29) is 11.4 Å². The molecule has 4 nitrogen and oxygen atoms in total. The van der Waals surface area contributed by atoms with Gasteiger partial charge in [0.15, 0.2) is 0 Å². The standard InChI is InChI=1S/C6H14N2O2S/c1-3(11)5(6(9)10)8-4(2)7/h3-5,8,11H,7H2,1-2H3,(H,9,10). The van der Waals surface area contributed by atoms with Gasteiger partial charge in [0.05, 0.1) is 6.17 Å². The summed E-state index contributed by atoms with van der Waals surface area (Å²) in [6, 6.07) is -0.682. The van der Waals surface area contributed by atoms with Gasteiger partial charge in [-0.3, -0.25) is 10.1 Å². The minimum atomic E-state index is -0.926. The van der Waals surface area contributed by atoms with Crippen molar-refractivity contribution in [3.63, 3.8) is 0 Å². The number of nitrogens with two attached hydrogens (primary N) is 1. The summed E-state index contributed by atoms with van der Waals surface area (Å²) in [6.07, 6.45) is -0.328. The Morgan fingerprint density at radius 1 is 1.64 bits per heavy atom. The topological polar surface area (TPSA) is 75.3 Å². The highest BCUT2D eigenvalue weighted by Gasteiger charge is 2.22. The van der Waals surface area contributed by atoms with E-state index in [1.807, 2.05) is 0 Å². The number of carbonyl (C=O) groups is 1. The second kappa shape index (κ2) is 4.58. The first-order valence-electron chi connectivity index (χ1n) is 3.37. The predicted octanol–water partition coefficient (Wildman–Crippen LogP) is -0.348. The Labute approximate surface area is 71.6 Å². The summed E-state index contributed by atoms with van der Waals surface area (Å²) in [4.78, 5) is 10.5. The van der Waals surface area contributed by atoms with E-state index in [0.29, 0.717) is 0 Å². The molecule has 0 aromatic rings. The van der Waals surface area contributed by atoms with Crippen molar-refractivity contribution in [3.05, 3.63) is 0 Å². The molecule has 11 heavy (non-hydrogen) atoms. The van der Waals surface area contributed by atoms with Crippen LogP contribution < -0.4 is 11.1 Å². The molecule has 66 valence electrons. The van der Waals surface area contributed by atoms with E-state index >= 15 is 0 Å². The summed E-state index contributed by atoms with van der Waals surface area (Å²) >= 11 is 4.01. The number of nitrogens with one attached hydrogen (secondary N) is 1. The predicted molar refractivity (Wildman–Crippen MR) is 46.7 cm³/mol. The molecule has 0 aliphatic heterocycles. The van der Waals surface area contributed by atoms with Gasteiger partial charge in [0.2, 0.25) is 0 Å². The number of aliphatic carboxylic acids is 1. The number of hydrogen-bond donors (Lipinski definition) is 4. The van der Waals surface area contributed by atoms with Crippen molar-refractivity contribution in [1.29, 1.82) is 0 Å². The van der Waals surface area contributed by atoms with Gasteiger partial charge in [0.25, 0.3) is 0 Å². The van der Waals surface area contributed by atoms with Crippen LogP contribution in [0.1, 0.15) is 13.8 Å². The summed E-state index contributed by atoms with van der Waals surface area (Å²) < 4.78 is 0. The Balaban J connectivity index is 4.01. The summed E-state index contributed by atoms with van der Waals surface area (Å²) in [6.45, 7) is 3.39. The van der Waals surface area contributed by atoms with Gasteiger partial charge in [-0.2, -0.15) is 12.6 Å². The highest BCUT2D eigenvalue weighted by Crippen LogP contribution is 2.01. The Kier molecular flexibility index (Phi) is 4.48. The second-order valence-electron chi connectivity index (χ2n) is 2.51. The third-order valence-electron chi connectivity index (χ3n) is 1.19. The van der Waals surface area contributed by atoms with Crippen LogP contribution in [-0.4, -0.2) is 28.5 Å². The molecule has 0 saturated heterocycles. The number of carboxylic acids is 1. The maximum Gasteiger partial charge on any atom is 0.321 e. The van der Waals surface area contributed by atoms with Crippen molar-refractivity contribution in [2.45, 2.75) is 31.3 Å². The normalized spacial score (nSPS) is 18.9. The highest BCUT2D eigenvalue weighted by atomic mass is 32.1. The Hall–Kier alpha value is -0.260. The minimum Gasteiger partial charge on any atom is -0.480 e. The molecular formula is C6H14N2O2S. The number of hydrogen-bond acceptors (Lipinski definition) is 4. The molecule has 0 amide bonds. The van der Waals surface area contributed by atoms with E-state index in [0.717, 1.165) is 0 Å². The monoisotopic (exact) mass is 178 g/mol. The van der Waals surface area contributed by atoms with Gasteiger partial charge in [-0.1, -0.05) is 6.92 Å². The van der Waals surface area contributed by atoms with Gasteiger partial charge in [-0.05, 0) is 6.92 Å². The quantitative estimate of drug-likeness (QED) is 0.351. The lowest BCUT2D eigenvalue weighted by atomic mass is 10.2. The highest BCUT2D eigenvalue weighted by molar-refractivity contribution is 7.81. The zero-order chi connectivity index (χ0) is 9.02.